The van der Waals surface area contributed by atoms with E-state index < -0.39 is 0 Å². The van der Waals surface area contributed by atoms with Crippen molar-refractivity contribution in [3.05, 3.63) is 95.6 Å². The third kappa shape index (κ3) is 5.23. The number of hydrogen-bond acceptors (Lipinski definition) is 3. The topological polar surface area (TPSA) is 58.6 Å². The Bertz CT molecular complexity index is 986. The first-order valence-electron chi connectivity index (χ1n) is 9.38. The summed E-state index contributed by atoms with van der Waals surface area (Å²) in [6, 6.07) is 24.2. The van der Waals surface area contributed by atoms with E-state index in [1.807, 2.05) is 54.6 Å². The van der Waals surface area contributed by atoms with E-state index >= 15 is 0 Å². The van der Waals surface area contributed by atoms with Crippen LogP contribution < -0.4 is 10.1 Å². The number of rotatable bonds is 7. The average Bonchev–Trinajstić information content (AvgIpc) is 2.74. The molecule has 0 atom stereocenters. The number of methoxy groups -OCH3 is 1. The smallest absolute Gasteiger partial charge is 0.256 e. The van der Waals surface area contributed by atoms with E-state index in [-0.39, 0.29) is 18.2 Å². The molecule has 0 bridgehead atoms. The molecule has 0 fully saturated rings. The number of benzene rings is 3. The molecule has 0 spiro atoms. The van der Waals surface area contributed by atoms with Gasteiger partial charge in [-0.3, -0.25) is 9.59 Å². The minimum Gasteiger partial charge on any atom is -0.496 e. The van der Waals surface area contributed by atoms with Crippen LogP contribution in [-0.4, -0.2) is 30.9 Å². The molecule has 148 valence electrons. The van der Waals surface area contributed by atoms with Gasteiger partial charge in [-0.2, -0.15) is 0 Å². The number of ether oxygens (including phenoxy) is 1. The standard InChI is InChI=1S/C24H24N2O3/c1-26(17-18-10-4-3-5-11-18)24(28)20-13-7-8-14-21(20)25-23(27)16-19-12-6-9-15-22(19)29-2/h3-15H,16-17H2,1-2H3,(H,25,27). The minimum absolute atomic E-state index is 0.151. The molecule has 0 radical (unpaired) electrons. The van der Waals surface area contributed by atoms with Gasteiger partial charge in [0.1, 0.15) is 5.75 Å². The van der Waals surface area contributed by atoms with Gasteiger partial charge in [0.15, 0.2) is 0 Å². The molecule has 0 aliphatic carbocycles. The Kier molecular flexibility index (Phi) is 6.63. The maximum Gasteiger partial charge on any atom is 0.256 e. The number of amides is 2. The summed E-state index contributed by atoms with van der Waals surface area (Å²) in [5.74, 6) is 0.303. The van der Waals surface area contributed by atoms with Crippen molar-refractivity contribution in [3.63, 3.8) is 0 Å². The molecule has 0 aliphatic rings. The lowest BCUT2D eigenvalue weighted by molar-refractivity contribution is -0.115. The van der Waals surface area contributed by atoms with Crippen LogP contribution in [0.3, 0.4) is 0 Å². The van der Waals surface area contributed by atoms with E-state index in [0.29, 0.717) is 23.5 Å². The molecule has 3 aromatic carbocycles. The summed E-state index contributed by atoms with van der Waals surface area (Å²) in [7, 11) is 3.33. The molecule has 29 heavy (non-hydrogen) atoms. The van der Waals surface area contributed by atoms with Crippen LogP contribution in [0.25, 0.3) is 0 Å². The highest BCUT2D eigenvalue weighted by Crippen LogP contribution is 2.21. The molecule has 1 N–H and O–H groups in total. The molecular formula is C24H24N2O3. The molecule has 5 heteroatoms. The van der Waals surface area contributed by atoms with Crippen molar-refractivity contribution in [3.8, 4) is 5.75 Å². The number of hydrogen-bond donors (Lipinski definition) is 1. The van der Waals surface area contributed by atoms with Crippen LogP contribution in [0.5, 0.6) is 5.75 Å². The first-order chi connectivity index (χ1) is 14.1. The monoisotopic (exact) mass is 388 g/mol. The summed E-state index contributed by atoms with van der Waals surface area (Å²) in [5.41, 5.74) is 2.79. The lowest BCUT2D eigenvalue weighted by atomic mass is 10.1. The van der Waals surface area contributed by atoms with Gasteiger partial charge in [-0.1, -0.05) is 60.7 Å². The fourth-order valence-electron chi connectivity index (χ4n) is 3.13. The Labute approximate surface area is 170 Å². The van der Waals surface area contributed by atoms with Gasteiger partial charge < -0.3 is 15.0 Å². The van der Waals surface area contributed by atoms with Crippen molar-refractivity contribution in [1.82, 2.24) is 4.90 Å². The van der Waals surface area contributed by atoms with E-state index in [9.17, 15) is 9.59 Å². The van der Waals surface area contributed by atoms with Crippen LogP contribution in [0.15, 0.2) is 78.9 Å². The second-order valence-corrected chi connectivity index (χ2v) is 6.73. The summed E-state index contributed by atoms with van der Waals surface area (Å²) in [6.07, 6.45) is 0.159. The summed E-state index contributed by atoms with van der Waals surface area (Å²) in [5, 5.41) is 2.87. The first-order valence-corrected chi connectivity index (χ1v) is 9.38. The van der Waals surface area contributed by atoms with Crippen LogP contribution in [0.1, 0.15) is 21.5 Å². The van der Waals surface area contributed by atoms with Crippen molar-refractivity contribution >= 4 is 17.5 Å². The Hall–Kier alpha value is -3.60. The van der Waals surface area contributed by atoms with Crippen LogP contribution >= 0.6 is 0 Å². The summed E-state index contributed by atoms with van der Waals surface area (Å²) in [6.45, 7) is 0.489. The SMILES string of the molecule is COc1ccccc1CC(=O)Nc1ccccc1C(=O)N(C)Cc1ccccc1. The average molecular weight is 388 g/mol. The van der Waals surface area contributed by atoms with Crippen LogP contribution in [0.4, 0.5) is 5.69 Å². The fraction of sp³-hybridized carbons (Fsp3) is 0.167. The lowest BCUT2D eigenvalue weighted by Gasteiger charge is -2.19. The zero-order valence-corrected chi connectivity index (χ0v) is 16.6. The highest BCUT2D eigenvalue weighted by atomic mass is 16.5. The first kappa shape index (κ1) is 20.1. The van der Waals surface area contributed by atoms with E-state index in [1.54, 1.807) is 43.3 Å². The Morgan fingerprint density at radius 3 is 2.31 bits per heavy atom. The quantitative estimate of drug-likeness (QED) is 0.662. The number of carbonyl (C=O) groups is 2. The van der Waals surface area contributed by atoms with Gasteiger partial charge in [0.05, 0.1) is 24.8 Å². The van der Waals surface area contributed by atoms with E-state index in [1.165, 1.54) is 0 Å². The molecule has 2 amide bonds. The van der Waals surface area contributed by atoms with Gasteiger partial charge in [-0.25, -0.2) is 0 Å². The lowest BCUT2D eigenvalue weighted by Crippen LogP contribution is -2.27. The van der Waals surface area contributed by atoms with Gasteiger partial charge in [0.2, 0.25) is 5.91 Å². The van der Waals surface area contributed by atoms with Gasteiger partial charge in [0.25, 0.3) is 5.91 Å². The Morgan fingerprint density at radius 1 is 0.897 bits per heavy atom. The maximum atomic E-state index is 13.0. The molecular weight excluding hydrogens is 364 g/mol. The molecule has 0 aromatic heterocycles. The van der Waals surface area contributed by atoms with E-state index in [4.69, 9.17) is 4.74 Å². The second kappa shape index (κ2) is 9.55. The van der Waals surface area contributed by atoms with Crippen LogP contribution in [-0.2, 0) is 17.8 Å². The number of anilines is 1. The summed E-state index contributed by atoms with van der Waals surface area (Å²) in [4.78, 5) is 27.2. The second-order valence-electron chi connectivity index (χ2n) is 6.73. The number of nitrogens with one attached hydrogen (secondary N) is 1. The van der Waals surface area contributed by atoms with Gasteiger partial charge in [-0.05, 0) is 23.8 Å². The third-order valence-electron chi connectivity index (χ3n) is 4.58. The summed E-state index contributed by atoms with van der Waals surface area (Å²) >= 11 is 0. The molecule has 0 saturated heterocycles. The van der Waals surface area contributed by atoms with Crippen molar-refractivity contribution in [2.75, 3.05) is 19.5 Å². The molecule has 5 nitrogen and oxygen atoms in total. The van der Waals surface area contributed by atoms with Crippen molar-refractivity contribution < 1.29 is 14.3 Å². The third-order valence-corrected chi connectivity index (χ3v) is 4.58. The number of carbonyl (C=O) groups excluding carboxylic acids is 2. The summed E-state index contributed by atoms with van der Waals surface area (Å²) < 4.78 is 5.31. The van der Waals surface area contributed by atoms with Crippen LogP contribution in [0.2, 0.25) is 0 Å². The van der Waals surface area contributed by atoms with Crippen molar-refractivity contribution in [1.29, 1.82) is 0 Å². The zero-order chi connectivity index (χ0) is 20.6. The number of nitrogens with zero attached hydrogens (tertiary/aromatic N) is 1. The highest BCUT2D eigenvalue weighted by molar-refractivity contribution is 6.04. The molecule has 0 heterocycles. The van der Waals surface area contributed by atoms with Gasteiger partial charge in [-0.15, -0.1) is 0 Å². The maximum absolute atomic E-state index is 13.0. The minimum atomic E-state index is -0.208. The normalized spacial score (nSPS) is 10.3. The molecule has 0 saturated carbocycles. The largest absolute Gasteiger partial charge is 0.496 e. The van der Waals surface area contributed by atoms with Gasteiger partial charge >= 0.3 is 0 Å². The fourth-order valence-corrected chi connectivity index (χ4v) is 3.13. The highest BCUT2D eigenvalue weighted by Gasteiger charge is 2.17. The van der Waals surface area contributed by atoms with Crippen LogP contribution in [0, 0.1) is 0 Å². The predicted molar refractivity (Wildman–Crippen MR) is 114 cm³/mol. The molecule has 0 aliphatic heterocycles. The molecule has 3 aromatic rings. The predicted octanol–water partition coefficient (Wildman–Crippen LogP) is 4.15. The Balaban J connectivity index is 1.72. The zero-order valence-electron chi connectivity index (χ0n) is 16.6. The van der Waals surface area contributed by atoms with Crippen molar-refractivity contribution in [2.24, 2.45) is 0 Å². The van der Waals surface area contributed by atoms with Crippen molar-refractivity contribution in [2.45, 2.75) is 13.0 Å². The number of para-hydroxylation sites is 2. The molecule has 3 rings (SSSR count). The van der Waals surface area contributed by atoms with Gasteiger partial charge in [0, 0.05) is 19.2 Å². The Morgan fingerprint density at radius 2 is 1.55 bits per heavy atom. The van der Waals surface area contributed by atoms with E-state index in [0.717, 1.165) is 11.1 Å². The molecule has 0 unspecified atom stereocenters. The van der Waals surface area contributed by atoms with E-state index in [2.05, 4.69) is 5.32 Å².